The number of aromatic hydroxyl groups is 1. The number of methoxy groups -OCH3 is 1. The van der Waals surface area contributed by atoms with E-state index >= 15 is 0 Å². The van der Waals surface area contributed by atoms with E-state index in [9.17, 15) is 14.7 Å². The predicted octanol–water partition coefficient (Wildman–Crippen LogP) is 3.97. The zero-order chi connectivity index (χ0) is 26.8. The Morgan fingerprint density at radius 2 is 1.92 bits per heavy atom. The van der Waals surface area contributed by atoms with Crippen molar-refractivity contribution in [3.05, 3.63) is 88.0 Å². The van der Waals surface area contributed by atoms with Crippen molar-refractivity contribution in [2.24, 2.45) is 0 Å². The van der Waals surface area contributed by atoms with Gasteiger partial charge in [-0.2, -0.15) is 0 Å². The lowest BCUT2D eigenvalue weighted by Crippen LogP contribution is -2.48. The van der Waals surface area contributed by atoms with Crippen LogP contribution in [0.1, 0.15) is 52.8 Å². The summed E-state index contributed by atoms with van der Waals surface area (Å²) in [5, 5.41) is 16.7. The summed E-state index contributed by atoms with van der Waals surface area (Å²) in [6, 6.07) is 17.2. The second kappa shape index (κ2) is 10.9. The molecular formula is C31H35N3O4. The minimum absolute atomic E-state index is 0.0501. The van der Waals surface area contributed by atoms with Crippen LogP contribution in [0.15, 0.2) is 54.6 Å². The molecule has 2 aliphatic heterocycles. The van der Waals surface area contributed by atoms with Gasteiger partial charge in [-0.1, -0.05) is 36.4 Å². The molecule has 0 spiro atoms. The van der Waals surface area contributed by atoms with E-state index in [-0.39, 0.29) is 29.6 Å². The Bertz CT molecular complexity index is 1350. The zero-order valence-corrected chi connectivity index (χ0v) is 22.2. The van der Waals surface area contributed by atoms with Crippen LogP contribution in [-0.4, -0.2) is 43.2 Å². The Morgan fingerprint density at radius 1 is 1.13 bits per heavy atom. The van der Waals surface area contributed by atoms with E-state index in [4.69, 9.17) is 4.74 Å². The number of hydrogen-bond acceptors (Lipinski definition) is 5. The molecule has 2 atom stereocenters. The van der Waals surface area contributed by atoms with Gasteiger partial charge in [0.1, 0.15) is 11.5 Å². The fourth-order valence-corrected chi connectivity index (χ4v) is 5.82. The van der Waals surface area contributed by atoms with E-state index in [2.05, 4.69) is 28.8 Å². The predicted molar refractivity (Wildman–Crippen MR) is 148 cm³/mol. The average Bonchev–Trinajstić information content (AvgIpc) is 3.12. The van der Waals surface area contributed by atoms with Crippen molar-refractivity contribution < 1.29 is 19.4 Å². The Kier molecular flexibility index (Phi) is 7.38. The van der Waals surface area contributed by atoms with Crippen LogP contribution < -0.4 is 20.3 Å². The molecule has 0 saturated carbocycles. The summed E-state index contributed by atoms with van der Waals surface area (Å²) in [4.78, 5) is 27.9. The Morgan fingerprint density at radius 3 is 2.66 bits per heavy atom. The van der Waals surface area contributed by atoms with Crippen LogP contribution in [0.4, 0.5) is 5.69 Å². The number of phenols is 1. The highest BCUT2D eigenvalue weighted by molar-refractivity contribution is 5.95. The summed E-state index contributed by atoms with van der Waals surface area (Å²) in [5.74, 6) is 0.786. The van der Waals surface area contributed by atoms with E-state index < -0.39 is 0 Å². The number of ether oxygens (including phenoxy) is 1. The highest BCUT2D eigenvalue weighted by Crippen LogP contribution is 2.42. The molecular weight excluding hydrogens is 478 g/mol. The minimum Gasteiger partial charge on any atom is -0.508 e. The maximum atomic E-state index is 13.6. The molecule has 198 valence electrons. The van der Waals surface area contributed by atoms with Gasteiger partial charge < -0.3 is 25.4 Å². The molecule has 2 aliphatic rings. The molecule has 0 saturated heterocycles. The van der Waals surface area contributed by atoms with Gasteiger partial charge in [0, 0.05) is 19.0 Å². The van der Waals surface area contributed by atoms with Crippen LogP contribution >= 0.6 is 0 Å². The number of fused-ring (bicyclic) bond motifs is 2. The van der Waals surface area contributed by atoms with E-state index in [0.717, 1.165) is 46.3 Å². The van der Waals surface area contributed by atoms with Crippen LogP contribution in [-0.2, 0) is 28.9 Å². The number of phenolic OH excluding ortho intramolecular Hbond substituents is 1. The van der Waals surface area contributed by atoms with E-state index in [1.54, 1.807) is 31.1 Å². The smallest absolute Gasteiger partial charge is 0.237 e. The lowest BCUT2D eigenvalue weighted by Gasteiger charge is -2.36. The average molecular weight is 514 g/mol. The first-order chi connectivity index (χ1) is 18.3. The fraction of sp³-hybridized carbons (Fsp3) is 0.355. The topological polar surface area (TPSA) is 90.9 Å². The van der Waals surface area contributed by atoms with Crippen molar-refractivity contribution in [2.75, 3.05) is 25.1 Å². The Balaban J connectivity index is 1.45. The van der Waals surface area contributed by atoms with Gasteiger partial charge >= 0.3 is 0 Å². The van der Waals surface area contributed by atoms with Crippen LogP contribution in [0.2, 0.25) is 0 Å². The number of anilines is 1. The molecule has 2 unspecified atom stereocenters. The van der Waals surface area contributed by atoms with E-state index in [1.165, 1.54) is 5.56 Å². The first-order valence-electron chi connectivity index (χ1n) is 13.2. The second-order valence-electron chi connectivity index (χ2n) is 10.3. The number of nitrogens with zero attached hydrogens (tertiary/aromatic N) is 1. The largest absolute Gasteiger partial charge is 0.508 e. The quantitative estimate of drug-likeness (QED) is 0.480. The van der Waals surface area contributed by atoms with Crippen LogP contribution in [0.25, 0.3) is 0 Å². The molecule has 0 fully saturated rings. The summed E-state index contributed by atoms with van der Waals surface area (Å²) in [5.41, 5.74) is 7.08. The lowest BCUT2D eigenvalue weighted by atomic mass is 9.91. The highest BCUT2D eigenvalue weighted by Gasteiger charge is 2.33. The molecule has 3 N–H and O–H groups in total. The first kappa shape index (κ1) is 25.8. The highest BCUT2D eigenvalue weighted by atomic mass is 16.5. The number of carbonyl (C=O) groups is 2. The van der Waals surface area contributed by atoms with Gasteiger partial charge in [-0.15, -0.1) is 0 Å². The standard InChI is InChI=1S/C31H35N3O4/c1-19-13-24(36)17-23-9-11-32-28(18-25(19)23)31(37)33-27-10-12-34(20(2)35)30-26(27)15-22(16-29(30)38-3)14-21-7-5-4-6-8-21/h4-8,13,15-17,27-28,32,36H,9-12,14,18H2,1-3H3,(H,33,37). The van der Waals surface area contributed by atoms with Gasteiger partial charge in [-0.05, 0) is 85.2 Å². The Labute approximate surface area is 223 Å². The molecule has 0 bridgehead atoms. The number of carbonyl (C=O) groups excluding carboxylic acids is 2. The number of amides is 2. The first-order valence-corrected chi connectivity index (χ1v) is 13.2. The van der Waals surface area contributed by atoms with Gasteiger partial charge in [-0.25, -0.2) is 0 Å². The van der Waals surface area contributed by atoms with Crippen molar-refractivity contribution >= 4 is 17.5 Å². The third kappa shape index (κ3) is 5.24. The Hall–Kier alpha value is -3.84. The molecule has 3 aromatic carbocycles. The minimum atomic E-state index is -0.386. The fourth-order valence-electron chi connectivity index (χ4n) is 5.82. The van der Waals surface area contributed by atoms with Gasteiger partial charge in [0.2, 0.25) is 11.8 Å². The van der Waals surface area contributed by atoms with Gasteiger partial charge in [0.25, 0.3) is 0 Å². The number of aryl methyl sites for hydroxylation is 1. The molecule has 0 aromatic heterocycles. The number of rotatable bonds is 5. The number of nitrogens with one attached hydrogen (secondary N) is 2. The van der Waals surface area contributed by atoms with Crippen molar-refractivity contribution in [1.29, 1.82) is 0 Å². The second-order valence-corrected chi connectivity index (χ2v) is 10.3. The summed E-state index contributed by atoms with van der Waals surface area (Å²) in [6.07, 6.45) is 2.66. The van der Waals surface area contributed by atoms with Crippen molar-refractivity contribution in [2.45, 2.75) is 51.6 Å². The van der Waals surface area contributed by atoms with Crippen molar-refractivity contribution in [3.63, 3.8) is 0 Å². The third-order valence-corrected chi connectivity index (χ3v) is 7.68. The molecule has 2 amide bonds. The zero-order valence-electron chi connectivity index (χ0n) is 22.2. The van der Waals surface area contributed by atoms with Gasteiger partial charge in [0.05, 0.1) is 24.9 Å². The van der Waals surface area contributed by atoms with Gasteiger partial charge in [0.15, 0.2) is 0 Å². The van der Waals surface area contributed by atoms with Crippen LogP contribution in [0.3, 0.4) is 0 Å². The number of benzene rings is 3. The molecule has 7 nitrogen and oxygen atoms in total. The molecule has 7 heteroatoms. The van der Waals surface area contributed by atoms with Gasteiger partial charge in [-0.3, -0.25) is 9.59 Å². The lowest BCUT2D eigenvalue weighted by molar-refractivity contribution is -0.123. The van der Waals surface area contributed by atoms with Crippen molar-refractivity contribution in [1.82, 2.24) is 10.6 Å². The van der Waals surface area contributed by atoms with Crippen molar-refractivity contribution in [3.8, 4) is 11.5 Å². The maximum absolute atomic E-state index is 13.6. The van der Waals surface area contributed by atoms with E-state index in [1.807, 2.05) is 31.2 Å². The molecule has 0 aliphatic carbocycles. The SMILES string of the molecule is COc1cc(Cc2ccccc2)cc2c1N(C(C)=O)CCC2NC(=O)C1Cc2c(C)cc(O)cc2CCN1. The van der Waals surface area contributed by atoms with Crippen LogP contribution in [0.5, 0.6) is 11.5 Å². The summed E-state index contributed by atoms with van der Waals surface area (Å²) in [6.45, 7) is 4.70. The molecule has 2 heterocycles. The molecule has 38 heavy (non-hydrogen) atoms. The third-order valence-electron chi connectivity index (χ3n) is 7.68. The summed E-state index contributed by atoms with van der Waals surface area (Å²) in [7, 11) is 1.62. The monoisotopic (exact) mass is 513 g/mol. The van der Waals surface area contributed by atoms with Crippen LogP contribution in [0, 0.1) is 6.92 Å². The summed E-state index contributed by atoms with van der Waals surface area (Å²) >= 11 is 0. The number of hydrogen-bond donors (Lipinski definition) is 3. The normalized spacial score (nSPS) is 18.7. The molecule has 5 rings (SSSR count). The maximum Gasteiger partial charge on any atom is 0.237 e. The summed E-state index contributed by atoms with van der Waals surface area (Å²) < 4.78 is 5.78. The molecule has 0 radical (unpaired) electrons. The molecule has 3 aromatic rings. The van der Waals surface area contributed by atoms with E-state index in [0.29, 0.717) is 31.7 Å².